The van der Waals surface area contributed by atoms with Crippen LogP contribution >= 0.6 is 0 Å². The summed E-state index contributed by atoms with van der Waals surface area (Å²) in [6.45, 7) is 3.34. The lowest BCUT2D eigenvalue weighted by Gasteiger charge is -2.14. The Bertz CT molecular complexity index is 372. The number of carbonyl (C=O) groups is 1. The number of hydrogen-bond donors (Lipinski definition) is 1. The molecule has 1 saturated heterocycles. The van der Waals surface area contributed by atoms with Gasteiger partial charge in [0, 0.05) is 12.7 Å². The van der Waals surface area contributed by atoms with Crippen LogP contribution in [0.25, 0.3) is 0 Å². The molecule has 1 aromatic rings. The van der Waals surface area contributed by atoms with E-state index in [1.165, 1.54) is 25.9 Å². The molecule has 1 aliphatic heterocycles. The Hall–Kier alpha value is -1.42. The van der Waals surface area contributed by atoms with Crippen LogP contribution in [-0.4, -0.2) is 35.4 Å². The van der Waals surface area contributed by atoms with Crippen molar-refractivity contribution in [1.82, 2.24) is 9.88 Å². The van der Waals surface area contributed by atoms with Crippen molar-refractivity contribution in [1.29, 1.82) is 0 Å². The number of aromatic nitrogens is 1. The van der Waals surface area contributed by atoms with E-state index in [1.807, 2.05) is 12.1 Å². The van der Waals surface area contributed by atoms with Gasteiger partial charge in [0.1, 0.15) is 5.69 Å². The number of likely N-dealkylation sites (tertiary alicyclic amines) is 1. The van der Waals surface area contributed by atoms with E-state index in [1.54, 1.807) is 6.20 Å². The van der Waals surface area contributed by atoms with Crippen LogP contribution in [0, 0.1) is 0 Å². The summed E-state index contributed by atoms with van der Waals surface area (Å²) >= 11 is 0. The van der Waals surface area contributed by atoms with Gasteiger partial charge in [-0.3, -0.25) is 9.78 Å². The third-order valence-electron chi connectivity index (χ3n) is 3.02. The van der Waals surface area contributed by atoms with E-state index in [9.17, 15) is 4.79 Å². The molecule has 16 heavy (non-hydrogen) atoms. The fourth-order valence-corrected chi connectivity index (χ4v) is 2.15. The first kappa shape index (κ1) is 11.1. The first-order valence-corrected chi connectivity index (χ1v) is 5.73. The van der Waals surface area contributed by atoms with Crippen molar-refractivity contribution in [3.8, 4) is 0 Å². The molecule has 0 atom stereocenters. The summed E-state index contributed by atoms with van der Waals surface area (Å²) in [5.41, 5.74) is 6.66. The number of nitrogens with two attached hydrogens (primary N) is 1. The van der Waals surface area contributed by atoms with Crippen molar-refractivity contribution in [3.05, 3.63) is 29.6 Å². The van der Waals surface area contributed by atoms with E-state index in [4.69, 9.17) is 5.73 Å². The molecule has 4 heteroatoms. The van der Waals surface area contributed by atoms with Crippen LogP contribution < -0.4 is 5.73 Å². The average Bonchev–Trinajstić information content (AvgIpc) is 2.79. The highest BCUT2D eigenvalue weighted by Gasteiger charge is 2.13. The third-order valence-corrected chi connectivity index (χ3v) is 3.02. The SMILES string of the molecule is NC(=O)c1ncccc1CCN1CCCC1. The van der Waals surface area contributed by atoms with Crippen LogP contribution in [0.4, 0.5) is 0 Å². The van der Waals surface area contributed by atoms with Crippen molar-refractivity contribution >= 4 is 5.91 Å². The van der Waals surface area contributed by atoms with Crippen molar-refractivity contribution in [2.75, 3.05) is 19.6 Å². The van der Waals surface area contributed by atoms with Gasteiger partial charge >= 0.3 is 0 Å². The van der Waals surface area contributed by atoms with Gasteiger partial charge in [0.05, 0.1) is 0 Å². The number of carbonyl (C=O) groups excluding carboxylic acids is 1. The molecule has 0 aromatic carbocycles. The standard InChI is InChI=1S/C12H17N3O/c13-12(16)11-10(4-3-6-14-11)5-9-15-7-1-2-8-15/h3-4,6H,1-2,5,7-9H2,(H2,13,16). The monoisotopic (exact) mass is 219 g/mol. The van der Waals surface area contributed by atoms with Crippen molar-refractivity contribution < 1.29 is 4.79 Å². The second-order valence-electron chi connectivity index (χ2n) is 4.17. The second kappa shape index (κ2) is 5.07. The Morgan fingerprint density at radius 3 is 2.88 bits per heavy atom. The molecule has 0 spiro atoms. The zero-order valence-electron chi connectivity index (χ0n) is 9.35. The zero-order valence-corrected chi connectivity index (χ0v) is 9.35. The van der Waals surface area contributed by atoms with Crippen LogP contribution in [-0.2, 0) is 6.42 Å². The molecule has 1 aliphatic rings. The summed E-state index contributed by atoms with van der Waals surface area (Å²) in [5.74, 6) is -0.433. The fraction of sp³-hybridized carbons (Fsp3) is 0.500. The molecule has 2 heterocycles. The summed E-state index contributed by atoms with van der Waals surface area (Å²) in [7, 11) is 0. The maximum absolute atomic E-state index is 11.2. The van der Waals surface area contributed by atoms with Gasteiger partial charge in [0.2, 0.25) is 0 Å². The van der Waals surface area contributed by atoms with Gasteiger partial charge in [-0.25, -0.2) is 0 Å². The lowest BCUT2D eigenvalue weighted by Crippen LogP contribution is -2.23. The number of rotatable bonds is 4. The normalized spacial score (nSPS) is 16.5. The third kappa shape index (κ3) is 2.58. The molecule has 4 nitrogen and oxygen atoms in total. The smallest absolute Gasteiger partial charge is 0.267 e. The Labute approximate surface area is 95.5 Å². The predicted molar refractivity (Wildman–Crippen MR) is 62.1 cm³/mol. The number of primary amides is 1. The maximum Gasteiger partial charge on any atom is 0.267 e. The molecule has 1 aromatic heterocycles. The highest BCUT2D eigenvalue weighted by Crippen LogP contribution is 2.11. The quantitative estimate of drug-likeness (QED) is 0.815. The summed E-state index contributed by atoms with van der Waals surface area (Å²) in [6, 6.07) is 3.79. The first-order valence-electron chi connectivity index (χ1n) is 5.73. The van der Waals surface area contributed by atoms with Crippen LogP contribution in [0.3, 0.4) is 0 Å². The van der Waals surface area contributed by atoms with Crippen molar-refractivity contribution in [2.45, 2.75) is 19.3 Å². The number of amides is 1. The van der Waals surface area contributed by atoms with E-state index in [2.05, 4.69) is 9.88 Å². The topological polar surface area (TPSA) is 59.2 Å². The Morgan fingerprint density at radius 1 is 1.44 bits per heavy atom. The lowest BCUT2D eigenvalue weighted by atomic mass is 10.1. The Kier molecular flexibility index (Phi) is 3.51. The van der Waals surface area contributed by atoms with Crippen molar-refractivity contribution in [2.24, 2.45) is 5.73 Å². The van der Waals surface area contributed by atoms with Crippen LogP contribution in [0.1, 0.15) is 28.9 Å². The zero-order chi connectivity index (χ0) is 11.4. The summed E-state index contributed by atoms with van der Waals surface area (Å²) in [6.07, 6.45) is 5.04. The molecule has 86 valence electrons. The molecule has 2 rings (SSSR count). The fourth-order valence-electron chi connectivity index (χ4n) is 2.15. The van der Waals surface area contributed by atoms with E-state index >= 15 is 0 Å². The van der Waals surface area contributed by atoms with E-state index in [-0.39, 0.29) is 0 Å². The van der Waals surface area contributed by atoms with E-state index < -0.39 is 5.91 Å². The first-order chi connectivity index (χ1) is 7.77. The van der Waals surface area contributed by atoms with Gasteiger partial charge < -0.3 is 10.6 Å². The molecule has 1 amide bonds. The minimum absolute atomic E-state index is 0.418. The summed E-state index contributed by atoms with van der Waals surface area (Å²) in [5, 5.41) is 0. The maximum atomic E-state index is 11.2. The number of nitrogens with zero attached hydrogens (tertiary/aromatic N) is 2. The van der Waals surface area contributed by atoms with Gasteiger partial charge in [0.15, 0.2) is 0 Å². The van der Waals surface area contributed by atoms with Gasteiger partial charge in [-0.05, 0) is 44.0 Å². The van der Waals surface area contributed by atoms with Gasteiger partial charge in [-0.15, -0.1) is 0 Å². The van der Waals surface area contributed by atoms with E-state index in [0.717, 1.165) is 18.5 Å². The van der Waals surface area contributed by atoms with E-state index in [0.29, 0.717) is 5.69 Å². The second-order valence-corrected chi connectivity index (χ2v) is 4.17. The van der Waals surface area contributed by atoms with Crippen LogP contribution in [0.5, 0.6) is 0 Å². The van der Waals surface area contributed by atoms with Crippen LogP contribution in [0.15, 0.2) is 18.3 Å². The average molecular weight is 219 g/mol. The molecule has 1 fully saturated rings. The highest BCUT2D eigenvalue weighted by molar-refractivity contribution is 5.92. The molecule has 0 unspecified atom stereocenters. The molecule has 0 bridgehead atoms. The molecule has 0 radical (unpaired) electrons. The molecule has 2 N–H and O–H groups in total. The number of hydrogen-bond acceptors (Lipinski definition) is 3. The summed E-state index contributed by atoms with van der Waals surface area (Å²) in [4.78, 5) is 17.6. The number of pyridine rings is 1. The highest BCUT2D eigenvalue weighted by atomic mass is 16.1. The Balaban J connectivity index is 2.00. The molecular weight excluding hydrogens is 202 g/mol. The molecule has 0 aliphatic carbocycles. The van der Waals surface area contributed by atoms with Gasteiger partial charge in [0.25, 0.3) is 5.91 Å². The summed E-state index contributed by atoms with van der Waals surface area (Å²) < 4.78 is 0. The van der Waals surface area contributed by atoms with Crippen molar-refractivity contribution in [3.63, 3.8) is 0 Å². The lowest BCUT2D eigenvalue weighted by molar-refractivity contribution is 0.0994. The minimum atomic E-state index is -0.433. The van der Waals surface area contributed by atoms with Gasteiger partial charge in [-0.2, -0.15) is 0 Å². The predicted octanol–water partition coefficient (Wildman–Crippen LogP) is 0.819. The van der Waals surface area contributed by atoms with Crippen LogP contribution in [0.2, 0.25) is 0 Å². The Morgan fingerprint density at radius 2 is 2.19 bits per heavy atom. The minimum Gasteiger partial charge on any atom is -0.364 e. The van der Waals surface area contributed by atoms with Gasteiger partial charge in [-0.1, -0.05) is 6.07 Å². The molecular formula is C12H17N3O. The largest absolute Gasteiger partial charge is 0.364 e. The molecule has 0 saturated carbocycles.